The molecule has 0 bridgehead atoms. The van der Waals surface area contributed by atoms with Gasteiger partial charge in [-0.15, -0.1) is 0 Å². The summed E-state index contributed by atoms with van der Waals surface area (Å²) in [5, 5.41) is 5.67. The zero-order valence-corrected chi connectivity index (χ0v) is 17.7. The van der Waals surface area contributed by atoms with Crippen LogP contribution in [-0.2, 0) is 0 Å². The maximum Gasteiger partial charge on any atom is 0.291 e. The van der Waals surface area contributed by atoms with Crippen molar-refractivity contribution in [2.24, 2.45) is 0 Å². The Morgan fingerprint density at radius 1 is 0.781 bits per heavy atom. The second-order valence-electron chi connectivity index (χ2n) is 7.33. The first-order valence-electron chi connectivity index (χ1n) is 10.1. The van der Waals surface area contributed by atoms with Crippen molar-refractivity contribution in [1.82, 2.24) is 0 Å². The van der Waals surface area contributed by atoms with Gasteiger partial charge in [0.2, 0.25) is 0 Å². The molecule has 1 aromatic heterocycles. The Balaban J connectivity index is 1.52. The highest BCUT2D eigenvalue weighted by Gasteiger charge is 2.15. The number of anilines is 2. The number of nitrogens with one attached hydrogen (secondary N) is 2. The first kappa shape index (κ1) is 20.9. The van der Waals surface area contributed by atoms with Crippen molar-refractivity contribution >= 4 is 23.2 Å². The van der Waals surface area contributed by atoms with E-state index in [9.17, 15) is 9.59 Å². The molecule has 0 saturated carbocycles. The molecule has 2 N–H and O–H groups in total. The molecule has 0 unspecified atom stereocenters. The minimum absolute atomic E-state index is 0.196. The first-order chi connectivity index (χ1) is 15.5. The summed E-state index contributed by atoms with van der Waals surface area (Å²) in [6, 6.07) is 23.2. The Kier molecular flexibility index (Phi) is 6.03. The number of rotatable bonds is 6. The minimum atomic E-state index is -0.382. The number of benzene rings is 3. The molecule has 0 aliphatic carbocycles. The van der Waals surface area contributed by atoms with Crippen LogP contribution >= 0.6 is 0 Å². The zero-order valence-electron chi connectivity index (χ0n) is 17.7. The lowest BCUT2D eigenvalue weighted by Crippen LogP contribution is -2.15. The van der Waals surface area contributed by atoms with Crippen LogP contribution in [0, 0.1) is 13.8 Å². The van der Waals surface area contributed by atoms with E-state index in [2.05, 4.69) is 10.6 Å². The van der Waals surface area contributed by atoms with Crippen molar-refractivity contribution in [2.75, 3.05) is 10.6 Å². The average Bonchev–Trinajstić information content (AvgIpc) is 3.33. The molecule has 6 heteroatoms. The molecule has 0 fully saturated rings. The van der Waals surface area contributed by atoms with Gasteiger partial charge in [0.05, 0.1) is 12.0 Å². The Bertz CT molecular complexity index is 1250. The molecular weight excluding hydrogens is 404 g/mol. The van der Waals surface area contributed by atoms with Crippen LogP contribution in [0.4, 0.5) is 11.4 Å². The fourth-order valence-electron chi connectivity index (χ4n) is 3.08. The van der Waals surface area contributed by atoms with Crippen molar-refractivity contribution in [2.45, 2.75) is 13.8 Å². The third-order valence-corrected chi connectivity index (χ3v) is 4.88. The molecule has 6 nitrogen and oxygen atoms in total. The quantitative estimate of drug-likeness (QED) is 0.385. The van der Waals surface area contributed by atoms with E-state index < -0.39 is 0 Å². The number of furan rings is 1. The molecule has 160 valence electrons. The van der Waals surface area contributed by atoms with E-state index in [-0.39, 0.29) is 17.6 Å². The molecule has 3 aromatic carbocycles. The Morgan fingerprint density at radius 3 is 2.28 bits per heavy atom. The molecule has 1 heterocycles. The number of carbonyl (C=O) groups is 2. The van der Waals surface area contributed by atoms with Gasteiger partial charge in [-0.25, -0.2) is 0 Å². The SMILES string of the molecule is Cc1ccc(Oc2ccccc2NC(=O)c2ccc(C)c(NC(=O)c3ccco3)c2)cc1. The normalized spacial score (nSPS) is 10.4. The van der Waals surface area contributed by atoms with E-state index in [0.29, 0.717) is 28.4 Å². The van der Waals surface area contributed by atoms with Crippen LogP contribution in [-0.4, -0.2) is 11.8 Å². The largest absolute Gasteiger partial charge is 0.459 e. The second-order valence-corrected chi connectivity index (χ2v) is 7.33. The third kappa shape index (κ3) is 4.87. The fraction of sp³-hybridized carbons (Fsp3) is 0.0769. The van der Waals surface area contributed by atoms with Crippen LogP contribution < -0.4 is 15.4 Å². The lowest BCUT2D eigenvalue weighted by molar-refractivity contribution is 0.0993. The first-order valence-corrected chi connectivity index (χ1v) is 10.1. The van der Waals surface area contributed by atoms with Crippen molar-refractivity contribution in [3.05, 3.63) is 108 Å². The maximum absolute atomic E-state index is 12.9. The van der Waals surface area contributed by atoms with Crippen LogP contribution in [0.5, 0.6) is 11.5 Å². The van der Waals surface area contributed by atoms with Gasteiger partial charge < -0.3 is 19.8 Å². The van der Waals surface area contributed by atoms with Crippen LogP contribution in [0.25, 0.3) is 0 Å². The molecule has 2 amide bonds. The summed E-state index contributed by atoms with van der Waals surface area (Å²) in [5.74, 6) is 0.700. The van der Waals surface area contributed by atoms with Gasteiger partial charge in [-0.3, -0.25) is 9.59 Å². The molecule has 32 heavy (non-hydrogen) atoms. The summed E-state index contributed by atoms with van der Waals surface area (Å²) < 4.78 is 11.1. The average molecular weight is 426 g/mol. The number of ether oxygens (including phenoxy) is 1. The highest BCUT2D eigenvalue weighted by atomic mass is 16.5. The fourth-order valence-corrected chi connectivity index (χ4v) is 3.08. The Labute approximate surface area is 185 Å². The Morgan fingerprint density at radius 2 is 1.53 bits per heavy atom. The number of para-hydroxylation sites is 2. The predicted octanol–water partition coefficient (Wildman–Crippen LogP) is 6.19. The van der Waals surface area contributed by atoms with Gasteiger partial charge in [0, 0.05) is 11.3 Å². The second kappa shape index (κ2) is 9.22. The van der Waals surface area contributed by atoms with Gasteiger partial charge in [-0.2, -0.15) is 0 Å². The molecule has 0 aliphatic rings. The highest BCUT2D eigenvalue weighted by molar-refractivity contribution is 6.07. The Hall–Kier alpha value is -4.32. The number of carbonyl (C=O) groups excluding carboxylic acids is 2. The monoisotopic (exact) mass is 426 g/mol. The van der Waals surface area contributed by atoms with E-state index in [1.165, 1.54) is 6.26 Å². The number of hydrogen-bond donors (Lipinski definition) is 2. The summed E-state index contributed by atoms with van der Waals surface area (Å²) in [7, 11) is 0. The van der Waals surface area contributed by atoms with Crippen LogP contribution in [0.15, 0.2) is 89.5 Å². The third-order valence-electron chi connectivity index (χ3n) is 4.88. The van der Waals surface area contributed by atoms with Crippen LogP contribution in [0.2, 0.25) is 0 Å². The lowest BCUT2D eigenvalue weighted by atomic mass is 10.1. The van der Waals surface area contributed by atoms with Crippen molar-refractivity contribution in [3.8, 4) is 11.5 Å². The molecular formula is C26H22N2O4. The number of aryl methyl sites for hydroxylation is 2. The topological polar surface area (TPSA) is 80.6 Å². The van der Waals surface area contributed by atoms with Gasteiger partial charge in [0.1, 0.15) is 5.75 Å². The zero-order chi connectivity index (χ0) is 22.5. The van der Waals surface area contributed by atoms with E-state index in [0.717, 1.165) is 11.1 Å². The molecule has 4 rings (SSSR count). The van der Waals surface area contributed by atoms with Gasteiger partial charge in [0.25, 0.3) is 11.8 Å². The van der Waals surface area contributed by atoms with Crippen LogP contribution in [0.1, 0.15) is 32.0 Å². The van der Waals surface area contributed by atoms with Gasteiger partial charge in [-0.1, -0.05) is 35.9 Å². The molecule has 4 aromatic rings. The summed E-state index contributed by atoms with van der Waals surface area (Å²) in [6.45, 7) is 3.86. The lowest BCUT2D eigenvalue weighted by Gasteiger charge is -2.13. The van der Waals surface area contributed by atoms with E-state index in [1.54, 1.807) is 42.5 Å². The van der Waals surface area contributed by atoms with E-state index in [4.69, 9.17) is 9.15 Å². The van der Waals surface area contributed by atoms with Gasteiger partial charge in [0.15, 0.2) is 11.5 Å². The van der Waals surface area contributed by atoms with Crippen molar-refractivity contribution in [1.29, 1.82) is 0 Å². The molecule has 0 atom stereocenters. The summed E-state index contributed by atoms with van der Waals surface area (Å²) >= 11 is 0. The number of hydrogen-bond acceptors (Lipinski definition) is 4. The summed E-state index contributed by atoms with van der Waals surface area (Å²) in [6.07, 6.45) is 1.43. The molecule has 0 radical (unpaired) electrons. The minimum Gasteiger partial charge on any atom is -0.459 e. The molecule has 0 aliphatic heterocycles. The summed E-state index contributed by atoms with van der Waals surface area (Å²) in [4.78, 5) is 25.3. The van der Waals surface area contributed by atoms with Crippen LogP contribution in [0.3, 0.4) is 0 Å². The summed E-state index contributed by atoms with van der Waals surface area (Å²) in [5.41, 5.74) is 3.43. The highest BCUT2D eigenvalue weighted by Crippen LogP contribution is 2.30. The van der Waals surface area contributed by atoms with Gasteiger partial charge in [-0.05, 0) is 67.9 Å². The van der Waals surface area contributed by atoms with E-state index in [1.807, 2.05) is 50.2 Å². The molecule has 0 spiro atoms. The number of amides is 2. The van der Waals surface area contributed by atoms with Gasteiger partial charge >= 0.3 is 0 Å². The maximum atomic E-state index is 12.9. The smallest absolute Gasteiger partial charge is 0.291 e. The predicted molar refractivity (Wildman–Crippen MR) is 123 cm³/mol. The van der Waals surface area contributed by atoms with Crippen molar-refractivity contribution in [3.63, 3.8) is 0 Å². The molecule has 0 saturated heterocycles. The van der Waals surface area contributed by atoms with E-state index >= 15 is 0 Å². The van der Waals surface area contributed by atoms with Crippen molar-refractivity contribution < 1.29 is 18.7 Å². The standard InChI is InChI=1S/C26H22N2O4/c1-17-9-13-20(14-10-17)32-23-7-4-3-6-21(23)27-25(29)19-12-11-18(2)22(16-19)28-26(30)24-8-5-15-31-24/h3-16H,1-2H3,(H,27,29)(H,28,30).